The molecule has 0 spiro atoms. The third-order valence-corrected chi connectivity index (χ3v) is 4.31. The molecule has 8 nitrogen and oxygen atoms in total. The summed E-state index contributed by atoms with van der Waals surface area (Å²) < 4.78 is 15.0. The number of hydrogen-bond donors (Lipinski definition) is 2. The summed E-state index contributed by atoms with van der Waals surface area (Å²) in [6, 6.07) is 7.24. The number of aromatic amines is 1. The molecule has 1 amide bonds. The van der Waals surface area contributed by atoms with Crippen LogP contribution in [0.5, 0.6) is 5.75 Å². The summed E-state index contributed by atoms with van der Waals surface area (Å²) in [5, 5.41) is 2.71. The number of ether oxygens (including phenoxy) is 3. The first kappa shape index (κ1) is 21.0. The second kappa shape index (κ2) is 9.07. The molecule has 0 fully saturated rings. The number of aryl methyl sites for hydroxylation is 1. The first-order valence-electron chi connectivity index (χ1n) is 8.67. The number of nitrogens with one attached hydrogen (secondary N) is 2. The molecule has 0 aliphatic heterocycles. The Labute approximate surface area is 163 Å². The highest BCUT2D eigenvalue weighted by Crippen LogP contribution is 2.20. The Hall–Kier alpha value is -3.29. The highest BCUT2D eigenvalue weighted by Gasteiger charge is 2.26. The molecular formula is C20H24N2O6. The van der Waals surface area contributed by atoms with Crippen LogP contribution < -0.4 is 10.1 Å². The second-order valence-electron chi connectivity index (χ2n) is 6.23. The minimum Gasteiger partial charge on any atom is -0.497 e. The van der Waals surface area contributed by atoms with Gasteiger partial charge in [0, 0.05) is 12.2 Å². The number of carbonyl (C=O) groups is 3. The molecule has 1 aromatic carbocycles. The number of rotatable bonds is 7. The van der Waals surface area contributed by atoms with Crippen molar-refractivity contribution in [1.82, 2.24) is 10.3 Å². The van der Waals surface area contributed by atoms with Gasteiger partial charge in [-0.3, -0.25) is 4.79 Å². The van der Waals surface area contributed by atoms with Crippen molar-refractivity contribution in [1.29, 1.82) is 0 Å². The Morgan fingerprint density at radius 1 is 1.07 bits per heavy atom. The lowest BCUT2D eigenvalue weighted by Crippen LogP contribution is -2.35. The number of H-pyrrole nitrogens is 1. The zero-order chi connectivity index (χ0) is 20.8. The van der Waals surface area contributed by atoms with Crippen LogP contribution in [0.25, 0.3) is 0 Å². The van der Waals surface area contributed by atoms with Crippen LogP contribution in [0.4, 0.5) is 0 Å². The van der Waals surface area contributed by atoms with Crippen LogP contribution in [0.2, 0.25) is 0 Å². The molecule has 0 saturated carbocycles. The van der Waals surface area contributed by atoms with Gasteiger partial charge in [0.05, 0.1) is 19.8 Å². The minimum atomic E-state index is -1.00. The first-order valence-corrected chi connectivity index (χ1v) is 8.67. The molecule has 1 unspecified atom stereocenters. The molecule has 0 aliphatic rings. The van der Waals surface area contributed by atoms with Crippen LogP contribution in [-0.4, -0.2) is 43.2 Å². The maximum atomic E-state index is 12.4. The van der Waals surface area contributed by atoms with E-state index in [1.54, 1.807) is 33.1 Å². The Balaban J connectivity index is 1.97. The van der Waals surface area contributed by atoms with Crippen LogP contribution >= 0.6 is 0 Å². The van der Waals surface area contributed by atoms with E-state index in [1.165, 1.54) is 14.0 Å². The standard InChI is InChI=1S/C20H24N2O6/c1-11-16(19(24)27-5)12(2)22-17(11)20(25)28-13(3)18(23)21-10-14-6-8-15(26-4)9-7-14/h6-9,13,22H,10H2,1-5H3,(H,21,23). The number of benzene rings is 1. The predicted molar refractivity (Wildman–Crippen MR) is 101 cm³/mol. The van der Waals surface area contributed by atoms with Gasteiger partial charge in [-0.1, -0.05) is 12.1 Å². The van der Waals surface area contributed by atoms with Crippen molar-refractivity contribution in [3.63, 3.8) is 0 Å². The van der Waals surface area contributed by atoms with Crippen molar-refractivity contribution < 1.29 is 28.6 Å². The van der Waals surface area contributed by atoms with Crippen molar-refractivity contribution in [3.8, 4) is 5.75 Å². The monoisotopic (exact) mass is 388 g/mol. The predicted octanol–water partition coefficient (Wildman–Crippen LogP) is 2.29. The lowest BCUT2D eigenvalue weighted by atomic mass is 10.1. The maximum absolute atomic E-state index is 12.4. The highest BCUT2D eigenvalue weighted by molar-refractivity contribution is 5.99. The van der Waals surface area contributed by atoms with Crippen LogP contribution in [0.15, 0.2) is 24.3 Å². The van der Waals surface area contributed by atoms with E-state index < -0.39 is 23.9 Å². The second-order valence-corrected chi connectivity index (χ2v) is 6.23. The van der Waals surface area contributed by atoms with Gasteiger partial charge in [-0.15, -0.1) is 0 Å². The van der Waals surface area contributed by atoms with Crippen LogP contribution in [-0.2, 0) is 20.8 Å². The van der Waals surface area contributed by atoms with Gasteiger partial charge in [0.2, 0.25) is 0 Å². The fraction of sp³-hybridized carbons (Fsp3) is 0.350. The molecule has 1 heterocycles. The van der Waals surface area contributed by atoms with Crippen LogP contribution in [0.1, 0.15) is 44.6 Å². The van der Waals surface area contributed by atoms with Gasteiger partial charge in [-0.25, -0.2) is 9.59 Å². The largest absolute Gasteiger partial charge is 0.497 e. The summed E-state index contributed by atoms with van der Waals surface area (Å²) in [7, 11) is 2.84. The number of esters is 2. The van der Waals surface area contributed by atoms with E-state index in [0.29, 0.717) is 11.3 Å². The van der Waals surface area contributed by atoms with E-state index >= 15 is 0 Å². The quantitative estimate of drug-likeness (QED) is 0.705. The van der Waals surface area contributed by atoms with Crippen molar-refractivity contribution in [2.75, 3.05) is 14.2 Å². The normalized spacial score (nSPS) is 11.5. The fourth-order valence-electron chi connectivity index (χ4n) is 2.71. The zero-order valence-corrected chi connectivity index (χ0v) is 16.5. The molecular weight excluding hydrogens is 364 g/mol. The Kier molecular flexibility index (Phi) is 6.81. The van der Waals surface area contributed by atoms with Crippen molar-refractivity contribution in [3.05, 3.63) is 52.3 Å². The number of aromatic nitrogens is 1. The van der Waals surface area contributed by atoms with Gasteiger partial charge in [-0.2, -0.15) is 0 Å². The van der Waals surface area contributed by atoms with Gasteiger partial charge in [-0.05, 0) is 44.0 Å². The van der Waals surface area contributed by atoms with Gasteiger partial charge < -0.3 is 24.5 Å². The van der Waals surface area contributed by atoms with Gasteiger partial charge in [0.1, 0.15) is 11.4 Å². The molecule has 150 valence electrons. The molecule has 0 bridgehead atoms. The molecule has 0 radical (unpaired) electrons. The Morgan fingerprint density at radius 3 is 2.29 bits per heavy atom. The molecule has 2 N–H and O–H groups in total. The lowest BCUT2D eigenvalue weighted by Gasteiger charge is -2.13. The third-order valence-electron chi connectivity index (χ3n) is 4.31. The average molecular weight is 388 g/mol. The summed E-state index contributed by atoms with van der Waals surface area (Å²) in [4.78, 5) is 39.3. The molecule has 28 heavy (non-hydrogen) atoms. The fourth-order valence-corrected chi connectivity index (χ4v) is 2.71. The van der Waals surface area contributed by atoms with E-state index in [1.807, 2.05) is 12.1 Å². The minimum absolute atomic E-state index is 0.118. The first-order chi connectivity index (χ1) is 13.3. The Morgan fingerprint density at radius 2 is 1.71 bits per heavy atom. The van der Waals surface area contributed by atoms with Crippen LogP contribution in [0, 0.1) is 13.8 Å². The topological polar surface area (TPSA) is 107 Å². The van der Waals surface area contributed by atoms with E-state index in [4.69, 9.17) is 14.2 Å². The molecule has 2 aromatic rings. The highest BCUT2D eigenvalue weighted by atomic mass is 16.5. The van der Waals surface area contributed by atoms with E-state index in [-0.39, 0.29) is 17.8 Å². The van der Waals surface area contributed by atoms with E-state index in [9.17, 15) is 14.4 Å². The van der Waals surface area contributed by atoms with Crippen molar-refractivity contribution in [2.24, 2.45) is 0 Å². The van der Waals surface area contributed by atoms with Gasteiger partial charge >= 0.3 is 11.9 Å². The summed E-state index contributed by atoms with van der Waals surface area (Å²) in [6.07, 6.45) is -1.00. The average Bonchev–Trinajstić information content (AvgIpc) is 3.00. The zero-order valence-electron chi connectivity index (χ0n) is 16.5. The van der Waals surface area contributed by atoms with Crippen molar-refractivity contribution in [2.45, 2.75) is 33.4 Å². The summed E-state index contributed by atoms with van der Waals surface area (Å²) in [5.41, 5.74) is 2.19. The molecule has 1 atom stereocenters. The molecule has 2 rings (SSSR count). The third kappa shape index (κ3) is 4.70. The van der Waals surface area contributed by atoms with E-state index in [2.05, 4.69) is 10.3 Å². The van der Waals surface area contributed by atoms with Crippen LogP contribution in [0.3, 0.4) is 0 Å². The summed E-state index contributed by atoms with van der Waals surface area (Å²) in [5.74, 6) is -0.975. The maximum Gasteiger partial charge on any atom is 0.355 e. The molecule has 0 aliphatic carbocycles. The Bertz CT molecular complexity index is 870. The van der Waals surface area contributed by atoms with Crippen molar-refractivity contribution >= 4 is 17.8 Å². The SMILES string of the molecule is COC(=O)c1c(C)[nH]c(C(=O)OC(C)C(=O)NCc2ccc(OC)cc2)c1C. The smallest absolute Gasteiger partial charge is 0.355 e. The summed E-state index contributed by atoms with van der Waals surface area (Å²) >= 11 is 0. The number of carbonyl (C=O) groups excluding carboxylic acids is 3. The molecule has 8 heteroatoms. The summed E-state index contributed by atoms with van der Waals surface area (Å²) in [6.45, 7) is 5.03. The number of methoxy groups -OCH3 is 2. The van der Waals surface area contributed by atoms with Gasteiger partial charge in [0.15, 0.2) is 6.10 Å². The molecule has 0 saturated heterocycles. The number of hydrogen-bond acceptors (Lipinski definition) is 6. The van der Waals surface area contributed by atoms with Gasteiger partial charge in [0.25, 0.3) is 5.91 Å². The number of amides is 1. The molecule has 1 aromatic heterocycles. The van der Waals surface area contributed by atoms with E-state index in [0.717, 1.165) is 11.3 Å². The lowest BCUT2D eigenvalue weighted by molar-refractivity contribution is -0.129.